The number of nitrogens with zero attached hydrogens (tertiary/aromatic N) is 3. The first-order valence-electron chi connectivity index (χ1n) is 40.6. The van der Waals surface area contributed by atoms with Crippen LogP contribution in [0.1, 0.15) is 163 Å². The number of benzene rings is 6. The zero-order chi connectivity index (χ0) is 97.6. The molecule has 0 fully saturated rings. The van der Waals surface area contributed by atoms with Gasteiger partial charge in [-0.1, -0.05) is 77.2 Å². The first kappa shape index (κ1) is 109. The summed E-state index contributed by atoms with van der Waals surface area (Å²) in [4.78, 5) is 140. The largest absolute Gasteiger partial charge is 0.492 e. The van der Waals surface area contributed by atoms with E-state index < -0.39 is 46.2 Å². The standard InChI is InChI=1S/C31H32ClNO7S.C31H32INO7S.C31H32N2O10S.C2H3N.Ag.HNO3/c2*1-17(34)33-24-12-10-21-23(16-40-31(36)19-8-6-18(15-32)7-9-19)28(37-2)30(39-4)29(38-3)27(21)20-11-13-26(41-5)25(35)14-22(20)24;1-17(34)32-24-12-10-21-23(16-42-31(36)19-8-6-18(7-9-19)15-43-33(37)38)28(39-2)30(41-4)29(40-3)27(21)20-11-13-26(44-5)25(35)14-22(20)24;1-2-3;;2-1(3)4/h2*6-9,11,13-14,24H,10,12,15-16H2,1-5H3,(H,33,34);6-9,11,13-14,24H,10,12,15-16H2,1-5H3,(H,32,34);1H3;;(H,2,3,4)/t3*24-;;;/m111.../s1. The molecule has 0 spiro atoms. The summed E-state index contributed by atoms with van der Waals surface area (Å²) in [6, 6.07) is 36.2. The molecule has 0 aliphatic heterocycles. The number of hydrogen-bond acceptors (Lipinski definition) is 30. The van der Waals surface area contributed by atoms with Crippen LogP contribution in [0, 0.1) is 31.6 Å². The number of halogens is 2. The number of fused-ring (bicyclic) bond motifs is 9. The number of thioether (sulfide) groups is 3. The van der Waals surface area contributed by atoms with Crippen molar-refractivity contribution in [2.75, 3.05) is 82.8 Å². The SMILES string of the molecule is CC#N.COc1c(COC(=O)c2ccc(CCl)cc2)c2c(c(OC)c1OC)-c1ccc(SC)c(=O)cc1[C@H](NC(C)=O)CC2.COc1c(COC(=O)c2ccc(CI)cc2)c2c(c(OC)c1OC)-c1ccc(SC)c(=O)cc1[C@H](NC(C)=O)CC2.COc1c(COC(=O)c2ccc(CO[N+](=O)[O-])cc2)c2c(c(OC)c1OC)-c1ccc(SC)c(=O)cc1[C@H](NC(C)=O)CC2.O=[N+]([O-])O.[Ag]. The van der Waals surface area contributed by atoms with Gasteiger partial charge in [0.2, 0.25) is 35.0 Å². The van der Waals surface area contributed by atoms with Crippen LogP contribution < -0.4 is 74.9 Å². The van der Waals surface area contributed by atoms with Crippen molar-refractivity contribution in [2.24, 2.45) is 0 Å². The predicted octanol–water partition coefficient (Wildman–Crippen LogP) is 16.4. The van der Waals surface area contributed by atoms with Crippen LogP contribution in [0.3, 0.4) is 0 Å². The molecule has 0 heterocycles. The molecule has 715 valence electrons. The summed E-state index contributed by atoms with van der Waals surface area (Å²) in [6.07, 6.45) is 8.28. The van der Waals surface area contributed by atoms with Crippen LogP contribution in [-0.2, 0) is 112 Å². The molecule has 134 heavy (non-hydrogen) atoms. The predicted molar refractivity (Wildman–Crippen MR) is 509 cm³/mol. The van der Waals surface area contributed by atoms with Gasteiger partial charge in [-0.2, -0.15) is 5.26 Å². The number of alkyl halides is 2. The van der Waals surface area contributed by atoms with E-state index in [1.165, 1.54) is 144 Å². The maximum atomic E-state index is 13.1. The van der Waals surface area contributed by atoms with E-state index in [0.29, 0.717) is 189 Å². The Morgan fingerprint density at radius 1 is 0.440 bits per heavy atom. The average Bonchev–Trinajstić information content (AvgIpc) is 1.51. The van der Waals surface area contributed by atoms with Crippen molar-refractivity contribution in [3.8, 4) is 91.2 Å². The van der Waals surface area contributed by atoms with Gasteiger partial charge in [0.15, 0.2) is 50.8 Å². The minimum atomic E-state index is -1.50. The Balaban J connectivity index is 0.000000264. The summed E-state index contributed by atoms with van der Waals surface area (Å²) < 4.78 is 70.6. The number of hydrogen-bond donors (Lipinski definition) is 4. The molecule has 12 rings (SSSR count). The first-order chi connectivity index (χ1) is 63.8. The molecular formula is C95H100AgClIN6O27S3. The fourth-order valence-corrected chi connectivity index (χ4v) is 17.8. The minimum absolute atomic E-state index is 0. The number of carbonyl (C=O) groups excluding carboxylic acids is 6. The zero-order valence-corrected chi connectivity index (χ0v) is 82.9. The molecule has 39 heteroatoms. The van der Waals surface area contributed by atoms with Gasteiger partial charge in [0.1, 0.15) is 26.4 Å². The van der Waals surface area contributed by atoms with E-state index in [1.807, 2.05) is 49.1 Å². The number of methoxy groups -OCH3 is 9. The topological polar surface area (TPSA) is 440 Å². The molecule has 0 saturated carbocycles. The number of carbonyl (C=O) groups is 6. The first-order valence-corrected chi connectivity index (χ1v) is 46.4. The van der Waals surface area contributed by atoms with Gasteiger partial charge in [0.05, 0.1) is 120 Å². The molecule has 3 aliphatic rings. The van der Waals surface area contributed by atoms with E-state index in [4.69, 9.17) is 89.0 Å². The summed E-state index contributed by atoms with van der Waals surface area (Å²) in [5.74, 6) is 1.32. The molecule has 33 nitrogen and oxygen atoms in total. The van der Waals surface area contributed by atoms with Gasteiger partial charge < -0.3 is 82.8 Å². The van der Waals surface area contributed by atoms with Crippen LogP contribution in [0.4, 0.5) is 0 Å². The van der Waals surface area contributed by atoms with E-state index in [9.17, 15) is 53.3 Å². The molecule has 0 saturated heterocycles. The molecule has 9 aromatic rings. The number of rotatable bonds is 29. The van der Waals surface area contributed by atoms with Crippen molar-refractivity contribution in [1.29, 1.82) is 5.26 Å². The van der Waals surface area contributed by atoms with Gasteiger partial charge in [-0.3, -0.25) is 28.8 Å². The molecular weight excluding hydrogens is 2020 g/mol. The van der Waals surface area contributed by atoms with Gasteiger partial charge >= 0.3 is 17.9 Å². The molecule has 0 bridgehead atoms. The monoisotopic (exact) mass is 2120 g/mol. The van der Waals surface area contributed by atoms with Crippen molar-refractivity contribution >= 4 is 105 Å². The summed E-state index contributed by atoms with van der Waals surface area (Å²) in [6.45, 7) is 5.12. The normalized spacial score (nSPS) is 13.1. The summed E-state index contributed by atoms with van der Waals surface area (Å²) in [7, 11) is 13.6. The Morgan fingerprint density at radius 2 is 0.694 bits per heavy atom. The van der Waals surface area contributed by atoms with Crippen LogP contribution in [-0.4, -0.2) is 134 Å². The third-order valence-electron chi connectivity index (χ3n) is 21.3. The molecule has 3 amide bonds. The van der Waals surface area contributed by atoms with Gasteiger partial charge in [-0.25, -0.2) is 14.4 Å². The summed E-state index contributed by atoms with van der Waals surface area (Å²) >= 11 is 12.2. The Bertz CT molecular complexity index is 5830. The van der Waals surface area contributed by atoms with E-state index in [0.717, 1.165) is 32.2 Å². The number of nitriles is 1. The Labute approximate surface area is 819 Å². The quantitative estimate of drug-likeness (QED) is 0.00494. The number of ether oxygens (including phenoxy) is 12. The smallest absolute Gasteiger partial charge is 0.338 e. The van der Waals surface area contributed by atoms with Crippen molar-refractivity contribution < 1.29 is 128 Å². The van der Waals surface area contributed by atoms with Crippen LogP contribution in [0.15, 0.2) is 156 Å². The number of nitrogens with one attached hydrogen (secondary N) is 3. The number of esters is 3. The second kappa shape index (κ2) is 52.4. The van der Waals surface area contributed by atoms with Crippen molar-refractivity contribution in [1.82, 2.24) is 16.0 Å². The zero-order valence-electron chi connectivity index (χ0n) is 76.0. The maximum absolute atomic E-state index is 13.1. The molecule has 0 unspecified atom stereocenters. The van der Waals surface area contributed by atoms with Gasteiger partial charge in [-0.15, -0.1) is 67.1 Å². The maximum Gasteiger partial charge on any atom is 0.338 e. The van der Waals surface area contributed by atoms with Crippen molar-refractivity contribution in [3.05, 3.63) is 262 Å². The molecule has 3 atom stereocenters. The van der Waals surface area contributed by atoms with Crippen LogP contribution >= 0.6 is 69.5 Å². The van der Waals surface area contributed by atoms with Crippen LogP contribution in [0.2, 0.25) is 0 Å². The van der Waals surface area contributed by atoms with Crippen molar-refractivity contribution in [2.45, 2.75) is 136 Å². The van der Waals surface area contributed by atoms with Crippen molar-refractivity contribution in [3.63, 3.8) is 0 Å². The molecule has 0 aromatic heterocycles. The van der Waals surface area contributed by atoms with Crippen LogP contribution in [0.25, 0.3) is 33.4 Å². The van der Waals surface area contributed by atoms with Gasteiger partial charge in [-0.05, 0) is 197 Å². The molecule has 4 N–H and O–H groups in total. The second-order valence-corrected chi connectivity index (χ2v) is 32.6. The Kier molecular flexibility index (Phi) is 42.5. The second-order valence-electron chi connectivity index (χ2n) is 29.1. The fourth-order valence-electron chi connectivity index (χ4n) is 15.7. The number of amides is 3. The average molecular weight is 2120 g/mol. The molecule has 9 aromatic carbocycles. The third-order valence-corrected chi connectivity index (χ3v) is 24.9. The van der Waals surface area contributed by atoms with E-state index in [-0.39, 0.29) is 94.1 Å². The van der Waals surface area contributed by atoms with E-state index in [1.54, 1.807) is 86.0 Å². The van der Waals surface area contributed by atoms with Gasteiger partial charge in [0, 0.05) is 93.8 Å². The Hall–Kier alpha value is -12.3. The van der Waals surface area contributed by atoms with E-state index >= 15 is 0 Å². The summed E-state index contributed by atoms with van der Waals surface area (Å²) in [5, 5.41) is 39.5. The minimum Gasteiger partial charge on any atom is -0.492 e. The fraction of sp³-hybridized carbons (Fsp3) is 0.326. The van der Waals surface area contributed by atoms with E-state index in [2.05, 4.69) is 43.4 Å². The summed E-state index contributed by atoms with van der Waals surface area (Å²) in [5.41, 5.74) is 13.3. The van der Waals surface area contributed by atoms with Gasteiger partial charge in [0.25, 0.3) is 10.2 Å². The molecule has 3 aliphatic carbocycles. The molecule has 1 radical (unpaired) electrons. The Morgan fingerprint density at radius 3 is 0.918 bits per heavy atom. The third kappa shape index (κ3) is 26.6. The van der Waals surface area contributed by atoms with Crippen LogP contribution in [0.5, 0.6) is 51.7 Å².